The summed E-state index contributed by atoms with van der Waals surface area (Å²) in [5.41, 5.74) is 4.33. The molecule has 29 heavy (non-hydrogen) atoms. The first-order valence-electron chi connectivity index (χ1n) is 9.62. The minimum atomic E-state index is -0.274. The summed E-state index contributed by atoms with van der Waals surface area (Å²) in [6.45, 7) is 8.88. The van der Waals surface area contributed by atoms with Gasteiger partial charge in [0.15, 0.2) is 4.34 Å². The summed E-state index contributed by atoms with van der Waals surface area (Å²) in [6.07, 6.45) is 0. The van der Waals surface area contributed by atoms with Gasteiger partial charge >= 0.3 is 0 Å². The molecule has 0 radical (unpaired) electrons. The Bertz CT molecular complexity index is 956. The van der Waals surface area contributed by atoms with Crippen molar-refractivity contribution >= 4 is 39.8 Å². The largest absolute Gasteiger partial charge is 0.356 e. The van der Waals surface area contributed by atoms with Crippen LogP contribution in [-0.2, 0) is 11.3 Å². The second-order valence-corrected chi connectivity index (χ2v) is 9.72. The summed E-state index contributed by atoms with van der Waals surface area (Å²) in [5, 5.41) is 15.3. The number of amides is 1. The zero-order valence-corrected chi connectivity index (χ0v) is 18.7. The number of para-hydroxylation sites is 1. The Morgan fingerprint density at radius 3 is 2.55 bits per heavy atom. The van der Waals surface area contributed by atoms with Crippen molar-refractivity contribution in [1.82, 2.24) is 10.2 Å². The van der Waals surface area contributed by atoms with Crippen molar-refractivity contribution in [3.05, 3.63) is 65.2 Å². The highest BCUT2D eigenvalue weighted by molar-refractivity contribution is 8.02. The van der Waals surface area contributed by atoms with Gasteiger partial charge in [0.2, 0.25) is 11.0 Å². The van der Waals surface area contributed by atoms with Gasteiger partial charge in [0.05, 0.1) is 5.25 Å². The maximum absolute atomic E-state index is 12.8. The minimum Gasteiger partial charge on any atom is -0.356 e. The Morgan fingerprint density at radius 1 is 1.07 bits per heavy atom. The SMILES string of the molecule is Cc1cccc(C(C)C)c1NC(=O)C(C)Sc1nnc(NCc2ccccc2)s1. The van der Waals surface area contributed by atoms with Gasteiger partial charge in [-0.25, -0.2) is 0 Å². The predicted molar refractivity (Wildman–Crippen MR) is 123 cm³/mol. The summed E-state index contributed by atoms with van der Waals surface area (Å²) in [5.74, 6) is 0.315. The number of benzene rings is 2. The molecule has 3 rings (SSSR count). The first-order valence-corrected chi connectivity index (χ1v) is 11.3. The Morgan fingerprint density at radius 2 is 1.83 bits per heavy atom. The van der Waals surface area contributed by atoms with Crippen molar-refractivity contribution < 1.29 is 4.79 Å². The third kappa shape index (κ3) is 5.81. The molecule has 0 fully saturated rings. The van der Waals surface area contributed by atoms with Gasteiger partial charge in [0, 0.05) is 12.2 Å². The molecule has 1 heterocycles. The molecule has 0 aliphatic heterocycles. The van der Waals surface area contributed by atoms with Crippen molar-refractivity contribution in [3.63, 3.8) is 0 Å². The summed E-state index contributed by atoms with van der Waals surface area (Å²) in [7, 11) is 0. The van der Waals surface area contributed by atoms with Gasteiger partial charge in [0.1, 0.15) is 0 Å². The Hall–Kier alpha value is -2.38. The molecule has 0 saturated carbocycles. The molecular formula is C22H26N4OS2. The van der Waals surface area contributed by atoms with Crippen LogP contribution >= 0.6 is 23.1 Å². The minimum absolute atomic E-state index is 0.0276. The molecule has 1 unspecified atom stereocenters. The smallest absolute Gasteiger partial charge is 0.237 e. The molecule has 0 spiro atoms. The molecule has 5 nitrogen and oxygen atoms in total. The van der Waals surface area contributed by atoms with E-state index in [-0.39, 0.29) is 11.2 Å². The van der Waals surface area contributed by atoms with Gasteiger partial charge in [0.25, 0.3) is 0 Å². The third-order valence-corrected chi connectivity index (χ3v) is 6.58. The first kappa shape index (κ1) is 21.3. The van der Waals surface area contributed by atoms with Gasteiger partial charge in [-0.1, -0.05) is 85.5 Å². The number of aryl methyl sites for hydroxylation is 1. The average Bonchev–Trinajstić information content (AvgIpc) is 3.15. The fourth-order valence-electron chi connectivity index (χ4n) is 2.87. The van der Waals surface area contributed by atoms with Crippen molar-refractivity contribution in [2.45, 2.75) is 49.7 Å². The highest BCUT2D eigenvalue weighted by atomic mass is 32.2. The zero-order valence-electron chi connectivity index (χ0n) is 17.1. The van der Waals surface area contributed by atoms with Gasteiger partial charge in [-0.05, 0) is 36.5 Å². The summed E-state index contributed by atoms with van der Waals surface area (Å²) in [6, 6.07) is 16.3. The van der Waals surface area contributed by atoms with Crippen LogP contribution in [0.2, 0.25) is 0 Å². The van der Waals surface area contributed by atoms with E-state index < -0.39 is 0 Å². The summed E-state index contributed by atoms with van der Waals surface area (Å²) < 4.78 is 0.775. The van der Waals surface area contributed by atoms with Crippen LogP contribution in [0.1, 0.15) is 43.4 Å². The summed E-state index contributed by atoms with van der Waals surface area (Å²) >= 11 is 2.89. The number of carbonyl (C=O) groups is 1. The van der Waals surface area contributed by atoms with Gasteiger partial charge in [-0.3, -0.25) is 4.79 Å². The van der Waals surface area contributed by atoms with Crippen LogP contribution in [0.25, 0.3) is 0 Å². The fourth-order valence-corrected chi connectivity index (χ4v) is 4.77. The molecule has 1 atom stereocenters. The summed E-state index contributed by atoms with van der Waals surface area (Å²) in [4.78, 5) is 12.8. The normalized spacial score (nSPS) is 12.0. The van der Waals surface area contributed by atoms with Gasteiger partial charge < -0.3 is 10.6 Å². The molecule has 7 heteroatoms. The molecule has 3 aromatic rings. The van der Waals surface area contributed by atoms with Crippen LogP contribution in [0.5, 0.6) is 0 Å². The highest BCUT2D eigenvalue weighted by Gasteiger charge is 2.20. The lowest BCUT2D eigenvalue weighted by atomic mass is 9.98. The predicted octanol–water partition coefficient (Wildman–Crippen LogP) is 5.70. The van der Waals surface area contributed by atoms with E-state index in [4.69, 9.17) is 0 Å². The van der Waals surface area contributed by atoms with Crippen LogP contribution in [0.4, 0.5) is 10.8 Å². The Balaban J connectivity index is 1.59. The van der Waals surface area contributed by atoms with Crippen LogP contribution < -0.4 is 10.6 Å². The third-order valence-electron chi connectivity index (χ3n) is 4.52. The number of hydrogen-bond acceptors (Lipinski definition) is 6. The van der Waals surface area contributed by atoms with Crippen LogP contribution in [-0.4, -0.2) is 21.4 Å². The Kier molecular flexibility index (Phi) is 7.28. The number of nitrogens with zero attached hydrogens (tertiary/aromatic N) is 2. The number of aromatic nitrogens is 2. The van der Waals surface area contributed by atoms with E-state index >= 15 is 0 Å². The topological polar surface area (TPSA) is 66.9 Å². The van der Waals surface area contributed by atoms with Gasteiger partial charge in [-0.2, -0.15) is 0 Å². The van der Waals surface area contributed by atoms with Crippen LogP contribution in [0, 0.1) is 6.92 Å². The van der Waals surface area contributed by atoms with Crippen molar-refractivity contribution in [1.29, 1.82) is 0 Å². The molecule has 0 aliphatic carbocycles. The van der Waals surface area contributed by atoms with E-state index in [1.807, 2.05) is 44.2 Å². The maximum Gasteiger partial charge on any atom is 0.237 e. The number of thioether (sulfide) groups is 1. The number of carbonyl (C=O) groups excluding carboxylic acids is 1. The number of hydrogen-bond donors (Lipinski definition) is 2. The van der Waals surface area contributed by atoms with E-state index in [1.165, 1.54) is 28.7 Å². The van der Waals surface area contributed by atoms with E-state index in [2.05, 4.69) is 52.9 Å². The number of nitrogens with one attached hydrogen (secondary N) is 2. The zero-order chi connectivity index (χ0) is 20.8. The monoisotopic (exact) mass is 426 g/mol. The van der Waals surface area contributed by atoms with Crippen molar-refractivity contribution in [2.75, 3.05) is 10.6 Å². The lowest BCUT2D eigenvalue weighted by molar-refractivity contribution is -0.115. The van der Waals surface area contributed by atoms with Crippen LogP contribution in [0.3, 0.4) is 0 Å². The average molecular weight is 427 g/mol. The molecule has 2 aromatic carbocycles. The standard InChI is InChI=1S/C22H26N4OS2/c1-14(2)18-12-8-9-15(3)19(18)24-20(27)16(4)28-22-26-25-21(29-22)23-13-17-10-6-5-7-11-17/h5-12,14,16H,13H2,1-4H3,(H,23,25)(H,24,27). The second-order valence-electron chi connectivity index (χ2n) is 7.16. The molecule has 0 aliphatic rings. The van der Waals surface area contributed by atoms with Crippen LogP contribution in [0.15, 0.2) is 52.9 Å². The lowest BCUT2D eigenvalue weighted by Crippen LogP contribution is -2.23. The lowest BCUT2D eigenvalue weighted by Gasteiger charge is -2.18. The second kappa shape index (κ2) is 9.89. The Labute approximate surface area is 180 Å². The van der Waals surface area contributed by atoms with E-state index in [0.717, 1.165) is 26.3 Å². The van der Waals surface area contributed by atoms with Crippen molar-refractivity contribution in [3.8, 4) is 0 Å². The number of anilines is 2. The first-order chi connectivity index (χ1) is 13.9. The number of rotatable bonds is 8. The molecule has 1 amide bonds. The maximum atomic E-state index is 12.8. The van der Waals surface area contributed by atoms with E-state index in [9.17, 15) is 4.79 Å². The molecule has 0 bridgehead atoms. The van der Waals surface area contributed by atoms with Gasteiger partial charge in [-0.15, -0.1) is 10.2 Å². The van der Waals surface area contributed by atoms with E-state index in [1.54, 1.807) is 0 Å². The van der Waals surface area contributed by atoms with Crippen molar-refractivity contribution in [2.24, 2.45) is 0 Å². The molecule has 0 saturated heterocycles. The fraction of sp³-hybridized carbons (Fsp3) is 0.318. The van der Waals surface area contributed by atoms with E-state index in [0.29, 0.717) is 12.5 Å². The molecular weight excluding hydrogens is 400 g/mol. The molecule has 1 aromatic heterocycles. The quantitative estimate of drug-likeness (QED) is 0.452. The molecule has 2 N–H and O–H groups in total. The highest BCUT2D eigenvalue weighted by Crippen LogP contribution is 2.31. The molecule has 152 valence electrons.